The summed E-state index contributed by atoms with van der Waals surface area (Å²) in [5, 5.41) is 11.0. The molecule has 1 aromatic heterocycles. The number of hydrogen-bond donors (Lipinski definition) is 1. The molecular formula is C9H6ClIOS. The van der Waals surface area contributed by atoms with Gasteiger partial charge >= 0.3 is 0 Å². The fourth-order valence-corrected chi connectivity index (χ4v) is 3.63. The van der Waals surface area contributed by atoms with E-state index in [0.717, 1.165) is 23.6 Å². The van der Waals surface area contributed by atoms with Crippen molar-refractivity contribution in [2.24, 2.45) is 0 Å². The number of hydrogen-bond acceptors (Lipinski definition) is 2. The van der Waals surface area contributed by atoms with Crippen molar-refractivity contribution in [3.05, 3.63) is 31.7 Å². The Hall–Kier alpha value is 0.160. The molecule has 1 nitrogen and oxygen atoms in total. The number of benzene rings is 1. The maximum atomic E-state index is 9.14. The van der Waals surface area contributed by atoms with Gasteiger partial charge in [-0.2, -0.15) is 0 Å². The van der Waals surface area contributed by atoms with Gasteiger partial charge in [0.2, 0.25) is 0 Å². The van der Waals surface area contributed by atoms with Crippen molar-refractivity contribution in [2.75, 3.05) is 0 Å². The monoisotopic (exact) mass is 324 g/mol. The summed E-state index contributed by atoms with van der Waals surface area (Å²) in [6.07, 6.45) is 0. The highest BCUT2D eigenvalue weighted by molar-refractivity contribution is 14.1. The highest BCUT2D eigenvalue weighted by Crippen LogP contribution is 2.33. The minimum absolute atomic E-state index is 0.0971. The minimum Gasteiger partial charge on any atom is -0.392 e. The number of aliphatic hydroxyl groups is 1. The zero-order valence-electron chi connectivity index (χ0n) is 6.55. The van der Waals surface area contributed by atoms with Crippen LogP contribution in [0.4, 0.5) is 0 Å². The summed E-state index contributed by atoms with van der Waals surface area (Å²) in [6.45, 7) is 0.0971. The molecule has 0 saturated heterocycles. The molecule has 2 aromatic rings. The molecule has 0 radical (unpaired) electrons. The van der Waals surface area contributed by atoms with Gasteiger partial charge in [0.25, 0.3) is 0 Å². The molecule has 0 spiro atoms. The van der Waals surface area contributed by atoms with Crippen molar-refractivity contribution in [2.45, 2.75) is 6.61 Å². The highest BCUT2D eigenvalue weighted by Gasteiger charge is 2.08. The summed E-state index contributed by atoms with van der Waals surface area (Å²) in [7, 11) is 0. The van der Waals surface area contributed by atoms with Gasteiger partial charge in [0, 0.05) is 15.3 Å². The first-order chi connectivity index (χ1) is 6.22. The van der Waals surface area contributed by atoms with E-state index in [4.69, 9.17) is 16.7 Å². The molecule has 2 rings (SSSR count). The van der Waals surface area contributed by atoms with Crippen molar-refractivity contribution in [1.29, 1.82) is 0 Å². The van der Waals surface area contributed by atoms with E-state index in [-0.39, 0.29) is 6.61 Å². The SMILES string of the molecule is OCc1c(I)sc2cc(Cl)ccc12. The summed E-state index contributed by atoms with van der Waals surface area (Å²) in [5.74, 6) is 0. The van der Waals surface area contributed by atoms with Gasteiger partial charge in [0.05, 0.1) is 9.49 Å². The second-order valence-electron chi connectivity index (χ2n) is 2.65. The van der Waals surface area contributed by atoms with E-state index in [1.54, 1.807) is 11.3 Å². The third-order valence-corrected chi connectivity index (χ3v) is 4.39. The van der Waals surface area contributed by atoms with Gasteiger partial charge in [0.1, 0.15) is 0 Å². The Morgan fingerprint density at radius 3 is 2.92 bits per heavy atom. The van der Waals surface area contributed by atoms with E-state index >= 15 is 0 Å². The van der Waals surface area contributed by atoms with Gasteiger partial charge in [-0.05, 0) is 40.1 Å². The van der Waals surface area contributed by atoms with Crippen LogP contribution in [0.2, 0.25) is 5.02 Å². The van der Waals surface area contributed by atoms with Crippen LogP contribution in [0, 0.1) is 2.88 Å². The molecule has 1 N–H and O–H groups in total. The Morgan fingerprint density at radius 2 is 2.23 bits per heavy atom. The van der Waals surface area contributed by atoms with Crippen LogP contribution in [0.1, 0.15) is 5.56 Å². The van der Waals surface area contributed by atoms with E-state index < -0.39 is 0 Å². The Bertz CT molecular complexity index is 452. The molecule has 0 unspecified atom stereocenters. The molecule has 0 aliphatic rings. The smallest absolute Gasteiger partial charge is 0.0721 e. The van der Waals surface area contributed by atoms with Crippen LogP contribution in [-0.4, -0.2) is 5.11 Å². The molecule has 68 valence electrons. The summed E-state index contributed by atoms with van der Waals surface area (Å²) < 4.78 is 2.28. The van der Waals surface area contributed by atoms with Crippen LogP contribution < -0.4 is 0 Å². The van der Waals surface area contributed by atoms with Crippen molar-refractivity contribution in [3.63, 3.8) is 0 Å². The van der Waals surface area contributed by atoms with E-state index in [0.29, 0.717) is 0 Å². The Balaban J connectivity index is 2.79. The molecule has 0 aliphatic carbocycles. The second kappa shape index (κ2) is 3.73. The molecule has 0 aliphatic heterocycles. The van der Waals surface area contributed by atoms with Crippen LogP contribution in [0.3, 0.4) is 0 Å². The first-order valence-corrected chi connectivity index (χ1v) is 5.97. The van der Waals surface area contributed by atoms with Gasteiger partial charge < -0.3 is 5.11 Å². The molecule has 0 fully saturated rings. The van der Waals surface area contributed by atoms with Gasteiger partial charge in [-0.15, -0.1) is 11.3 Å². The van der Waals surface area contributed by atoms with Crippen molar-refractivity contribution in [1.82, 2.24) is 0 Å². The molecule has 0 bridgehead atoms. The van der Waals surface area contributed by atoms with E-state index in [2.05, 4.69) is 22.6 Å². The van der Waals surface area contributed by atoms with E-state index in [1.165, 1.54) is 0 Å². The number of rotatable bonds is 1. The van der Waals surface area contributed by atoms with Gasteiger partial charge in [0.15, 0.2) is 0 Å². The predicted octanol–water partition coefficient (Wildman–Crippen LogP) is 3.65. The van der Waals surface area contributed by atoms with Gasteiger partial charge in [-0.25, -0.2) is 0 Å². The molecule has 13 heavy (non-hydrogen) atoms. The Labute approximate surface area is 98.5 Å². The highest BCUT2D eigenvalue weighted by atomic mass is 127. The minimum atomic E-state index is 0.0971. The van der Waals surface area contributed by atoms with Crippen LogP contribution in [0.15, 0.2) is 18.2 Å². The van der Waals surface area contributed by atoms with Crippen LogP contribution >= 0.6 is 45.5 Å². The normalized spacial score (nSPS) is 11.0. The summed E-state index contributed by atoms with van der Waals surface area (Å²) in [4.78, 5) is 0. The molecule has 0 amide bonds. The first-order valence-electron chi connectivity index (χ1n) is 3.69. The number of halogens is 2. The average Bonchev–Trinajstić information content (AvgIpc) is 2.39. The standard InChI is InChI=1S/C9H6ClIOS/c10-5-1-2-6-7(4-12)9(11)13-8(6)3-5/h1-3,12H,4H2. The zero-order chi connectivity index (χ0) is 9.42. The summed E-state index contributed by atoms with van der Waals surface area (Å²) in [6, 6.07) is 5.75. The predicted molar refractivity (Wildman–Crippen MR) is 65.5 cm³/mol. The maximum Gasteiger partial charge on any atom is 0.0721 e. The lowest BCUT2D eigenvalue weighted by molar-refractivity contribution is 0.283. The van der Waals surface area contributed by atoms with Crippen LogP contribution in [0.5, 0.6) is 0 Å². The Kier molecular flexibility index (Phi) is 2.78. The van der Waals surface area contributed by atoms with Crippen molar-refractivity contribution in [3.8, 4) is 0 Å². The number of thiophene rings is 1. The first kappa shape index (κ1) is 9.71. The molecule has 1 aromatic carbocycles. The largest absolute Gasteiger partial charge is 0.392 e. The molecular weight excluding hydrogens is 319 g/mol. The van der Waals surface area contributed by atoms with Gasteiger partial charge in [-0.3, -0.25) is 0 Å². The van der Waals surface area contributed by atoms with E-state index in [9.17, 15) is 0 Å². The quantitative estimate of drug-likeness (QED) is 0.794. The lowest BCUT2D eigenvalue weighted by Gasteiger charge is -1.94. The van der Waals surface area contributed by atoms with Crippen LogP contribution in [-0.2, 0) is 6.61 Å². The number of fused-ring (bicyclic) bond motifs is 1. The fourth-order valence-electron chi connectivity index (χ4n) is 1.24. The third-order valence-electron chi connectivity index (χ3n) is 1.86. The molecule has 4 heteroatoms. The number of aliphatic hydroxyl groups excluding tert-OH is 1. The van der Waals surface area contributed by atoms with Crippen LogP contribution in [0.25, 0.3) is 10.1 Å². The fraction of sp³-hybridized carbons (Fsp3) is 0.111. The summed E-state index contributed by atoms with van der Waals surface area (Å²) in [5.41, 5.74) is 1.01. The topological polar surface area (TPSA) is 20.2 Å². The molecule has 1 heterocycles. The van der Waals surface area contributed by atoms with Crippen molar-refractivity contribution < 1.29 is 5.11 Å². The zero-order valence-corrected chi connectivity index (χ0v) is 10.3. The van der Waals surface area contributed by atoms with Gasteiger partial charge in [-0.1, -0.05) is 17.7 Å². The average molecular weight is 325 g/mol. The second-order valence-corrected chi connectivity index (χ2v) is 5.95. The van der Waals surface area contributed by atoms with E-state index in [1.807, 2.05) is 18.2 Å². The maximum absolute atomic E-state index is 9.14. The Morgan fingerprint density at radius 1 is 1.46 bits per heavy atom. The summed E-state index contributed by atoms with van der Waals surface area (Å²) >= 11 is 9.77. The molecule has 0 saturated carbocycles. The third kappa shape index (κ3) is 1.70. The van der Waals surface area contributed by atoms with Crippen molar-refractivity contribution >= 4 is 55.6 Å². The lowest BCUT2D eigenvalue weighted by atomic mass is 10.2. The lowest BCUT2D eigenvalue weighted by Crippen LogP contribution is -1.81. The molecule has 0 atom stereocenters.